The quantitative estimate of drug-likeness (QED) is 0.898. The highest BCUT2D eigenvalue weighted by atomic mass is 79.9. The number of benzene rings is 1. The SMILES string of the molecule is CCC[C@@H](CO)[C@@H]1c2cc(Br)ccc2CCN1C(=O)OC. The minimum atomic E-state index is -0.319. The van der Waals surface area contributed by atoms with Gasteiger partial charge in [-0.3, -0.25) is 0 Å². The molecule has 1 aromatic carbocycles. The number of halogens is 1. The van der Waals surface area contributed by atoms with Gasteiger partial charge in [-0.05, 0) is 36.1 Å². The summed E-state index contributed by atoms with van der Waals surface area (Å²) >= 11 is 3.50. The maximum absolute atomic E-state index is 12.1. The van der Waals surface area contributed by atoms with Crippen molar-refractivity contribution in [2.75, 3.05) is 20.3 Å². The Morgan fingerprint density at radius 2 is 2.33 bits per heavy atom. The summed E-state index contributed by atoms with van der Waals surface area (Å²) in [5, 5.41) is 9.79. The molecule has 0 spiro atoms. The van der Waals surface area contributed by atoms with E-state index in [9.17, 15) is 9.90 Å². The maximum Gasteiger partial charge on any atom is 0.410 e. The van der Waals surface area contributed by atoms with Crippen LogP contribution in [0.25, 0.3) is 0 Å². The smallest absolute Gasteiger partial charge is 0.410 e. The van der Waals surface area contributed by atoms with Gasteiger partial charge in [0, 0.05) is 23.5 Å². The maximum atomic E-state index is 12.1. The van der Waals surface area contributed by atoms with Gasteiger partial charge in [-0.2, -0.15) is 0 Å². The molecule has 1 aromatic rings. The van der Waals surface area contributed by atoms with Gasteiger partial charge in [0.15, 0.2) is 0 Å². The highest BCUT2D eigenvalue weighted by Gasteiger charge is 2.36. The second kappa shape index (κ2) is 7.27. The molecule has 116 valence electrons. The van der Waals surface area contributed by atoms with Crippen molar-refractivity contribution >= 4 is 22.0 Å². The fourth-order valence-electron chi connectivity index (χ4n) is 3.17. The fraction of sp³-hybridized carbons (Fsp3) is 0.562. The van der Waals surface area contributed by atoms with Crippen molar-refractivity contribution in [3.05, 3.63) is 33.8 Å². The average Bonchev–Trinajstić information content (AvgIpc) is 2.51. The minimum absolute atomic E-state index is 0.0300. The number of carbonyl (C=O) groups is 1. The van der Waals surface area contributed by atoms with Gasteiger partial charge in [-0.25, -0.2) is 4.79 Å². The van der Waals surface area contributed by atoms with Gasteiger partial charge in [-0.15, -0.1) is 0 Å². The number of aliphatic hydroxyl groups excluding tert-OH is 1. The van der Waals surface area contributed by atoms with Crippen molar-refractivity contribution in [3.63, 3.8) is 0 Å². The summed E-state index contributed by atoms with van der Waals surface area (Å²) in [6.07, 6.45) is 2.35. The number of nitrogens with zero attached hydrogens (tertiary/aromatic N) is 1. The van der Waals surface area contributed by atoms with Crippen molar-refractivity contribution in [2.24, 2.45) is 5.92 Å². The molecular weight excluding hydrogens is 334 g/mol. The van der Waals surface area contributed by atoms with Crippen molar-refractivity contribution in [1.82, 2.24) is 4.90 Å². The van der Waals surface area contributed by atoms with Crippen LogP contribution in [0.15, 0.2) is 22.7 Å². The van der Waals surface area contributed by atoms with Crippen LogP contribution in [0.3, 0.4) is 0 Å². The van der Waals surface area contributed by atoms with Crippen LogP contribution in [0.1, 0.15) is 36.9 Å². The lowest BCUT2D eigenvalue weighted by atomic mass is 9.83. The molecule has 1 aliphatic rings. The Balaban J connectivity index is 2.45. The monoisotopic (exact) mass is 355 g/mol. The Bertz CT molecular complexity index is 506. The molecule has 0 bridgehead atoms. The molecule has 1 N–H and O–H groups in total. The Labute approximate surface area is 134 Å². The number of hydrogen-bond acceptors (Lipinski definition) is 3. The van der Waals surface area contributed by atoms with Crippen LogP contribution in [-0.2, 0) is 11.2 Å². The molecule has 0 saturated carbocycles. The standard InChI is InChI=1S/C16H22BrNO3/c1-3-4-12(10-19)15-14-9-13(17)6-5-11(14)7-8-18(15)16(20)21-2/h5-6,9,12,15,19H,3-4,7-8,10H2,1-2H3/t12-,15+/m0/s1. The predicted molar refractivity (Wildman–Crippen MR) is 85.2 cm³/mol. The van der Waals surface area contributed by atoms with Gasteiger partial charge in [0.2, 0.25) is 0 Å². The number of aliphatic hydroxyl groups is 1. The summed E-state index contributed by atoms with van der Waals surface area (Å²) < 4.78 is 5.92. The number of ether oxygens (including phenoxy) is 1. The van der Waals surface area contributed by atoms with Gasteiger partial charge in [0.05, 0.1) is 13.2 Å². The molecule has 0 aliphatic carbocycles. The first-order valence-corrected chi connectivity index (χ1v) is 8.15. The van der Waals surface area contributed by atoms with Gasteiger partial charge < -0.3 is 14.7 Å². The van der Waals surface area contributed by atoms with E-state index in [0.29, 0.717) is 6.54 Å². The van der Waals surface area contributed by atoms with Crippen molar-refractivity contribution in [1.29, 1.82) is 0 Å². The number of amides is 1. The first-order chi connectivity index (χ1) is 10.1. The van der Waals surface area contributed by atoms with Crippen LogP contribution in [0, 0.1) is 5.92 Å². The Hall–Kier alpha value is -1.07. The van der Waals surface area contributed by atoms with Crippen LogP contribution < -0.4 is 0 Å². The van der Waals surface area contributed by atoms with E-state index in [1.54, 1.807) is 4.90 Å². The third-order valence-electron chi connectivity index (χ3n) is 4.13. The van der Waals surface area contributed by atoms with Crippen LogP contribution in [0.5, 0.6) is 0 Å². The normalized spacial score (nSPS) is 19.0. The third-order valence-corrected chi connectivity index (χ3v) is 4.63. The first kappa shape index (κ1) is 16.3. The summed E-state index contributed by atoms with van der Waals surface area (Å²) in [6, 6.07) is 6.07. The zero-order chi connectivity index (χ0) is 15.4. The number of methoxy groups -OCH3 is 1. The molecule has 0 fully saturated rings. The van der Waals surface area contributed by atoms with Crippen LogP contribution >= 0.6 is 15.9 Å². The molecule has 4 nitrogen and oxygen atoms in total. The minimum Gasteiger partial charge on any atom is -0.453 e. The summed E-state index contributed by atoms with van der Waals surface area (Å²) in [5.74, 6) is 0.0300. The van der Waals surface area contributed by atoms with Crippen molar-refractivity contribution in [2.45, 2.75) is 32.2 Å². The number of carbonyl (C=O) groups excluding carboxylic acids is 1. The third kappa shape index (κ3) is 3.40. The molecule has 5 heteroatoms. The molecule has 1 heterocycles. The molecule has 0 radical (unpaired) electrons. The number of rotatable bonds is 4. The summed E-state index contributed by atoms with van der Waals surface area (Å²) in [7, 11) is 1.41. The van der Waals surface area contributed by atoms with Gasteiger partial charge in [-0.1, -0.05) is 35.3 Å². The molecule has 2 atom stereocenters. The van der Waals surface area contributed by atoms with Crippen molar-refractivity contribution < 1.29 is 14.6 Å². The lowest BCUT2D eigenvalue weighted by Crippen LogP contribution is -2.44. The average molecular weight is 356 g/mol. The van der Waals surface area contributed by atoms with E-state index < -0.39 is 0 Å². The van der Waals surface area contributed by atoms with E-state index >= 15 is 0 Å². The van der Waals surface area contributed by atoms with E-state index in [0.717, 1.165) is 29.3 Å². The molecule has 0 aromatic heterocycles. The summed E-state index contributed by atoms with van der Waals surface area (Å²) in [5.41, 5.74) is 2.37. The predicted octanol–water partition coefficient (Wildman–Crippen LogP) is 3.52. The van der Waals surface area contributed by atoms with E-state index in [1.165, 1.54) is 12.7 Å². The van der Waals surface area contributed by atoms with Gasteiger partial charge in [0.1, 0.15) is 0 Å². The van der Waals surface area contributed by atoms with Crippen LogP contribution in [-0.4, -0.2) is 36.4 Å². The van der Waals surface area contributed by atoms with E-state index in [4.69, 9.17) is 4.74 Å². The second-order valence-electron chi connectivity index (χ2n) is 5.43. The summed E-state index contributed by atoms with van der Waals surface area (Å²) in [6.45, 7) is 2.79. The van der Waals surface area contributed by atoms with E-state index in [1.807, 2.05) is 6.07 Å². The Morgan fingerprint density at radius 3 is 2.95 bits per heavy atom. The van der Waals surface area contributed by atoms with E-state index in [-0.39, 0.29) is 24.7 Å². The molecule has 0 unspecified atom stereocenters. The second-order valence-corrected chi connectivity index (χ2v) is 6.35. The molecule has 0 saturated heterocycles. The highest BCUT2D eigenvalue weighted by molar-refractivity contribution is 9.10. The zero-order valence-electron chi connectivity index (χ0n) is 12.5. The molecule has 1 aliphatic heterocycles. The lowest BCUT2D eigenvalue weighted by molar-refractivity contribution is 0.0629. The first-order valence-electron chi connectivity index (χ1n) is 7.36. The fourth-order valence-corrected chi connectivity index (χ4v) is 3.55. The van der Waals surface area contributed by atoms with Crippen molar-refractivity contribution in [3.8, 4) is 0 Å². The van der Waals surface area contributed by atoms with E-state index in [2.05, 4.69) is 35.0 Å². The molecule has 21 heavy (non-hydrogen) atoms. The van der Waals surface area contributed by atoms with Gasteiger partial charge >= 0.3 is 6.09 Å². The molecule has 2 rings (SSSR count). The Kier molecular flexibility index (Phi) is 5.65. The zero-order valence-corrected chi connectivity index (χ0v) is 14.1. The Morgan fingerprint density at radius 1 is 1.57 bits per heavy atom. The number of hydrogen-bond donors (Lipinski definition) is 1. The topological polar surface area (TPSA) is 49.8 Å². The number of fused-ring (bicyclic) bond motifs is 1. The largest absolute Gasteiger partial charge is 0.453 e. The summed E-state index contributed by atoms with van der Waals surface area (Å²) in [4.78, 5) is 13.9. The molecular formula is C16H22BrNO3. The van der Waals surface area contributed by atoms with Crippen LogP contribution in [0.2, 0.25) is 0 Å². The van der Waals surface area contributed by atoms with Gasteiger partial charge in [0.25, 0.3) is 0 Å². The molecule has 1 amide bonds. The lowest BCUT2D eigenvalue weighted by Gasteiger charge is -2.40. The van der Waals surface area contributed by atoms with Crippen LogP contribution in [0.4, 0.5) is 4.79 Å². The highest BCUT2D eigenvalue weighted by Crippen LogP contribution is 2.38.